The number of rotatable bonds is 7. The molecule has 1 aliphatic heterocycles. The largest absolute Gasteiger partial charge is 0.491 e. The summed E-state index contributed by atoms with van der Waals surface area (Å²) in [4.78, 5) is 26.4. The van der Waals surface area contributed by atoms with E-state index in [0.717, 1.165) is 0 Å². The number of nitrogens with zero attached hydrogens (tertiary/aromatic N) is 2. The molecule has 0 unspecified atom stereocenters. The van der Waals surface area contributed by atoms with Gasteiger partial charge in [-0.3, -0.25) is 13.9 Å². The summed E-state index contributed by atoms with van der Waals surface area (Å²) in [5.74, 6) is 0.638. The topological polar surface area (TPSA) is 87.4 Å². The van der Waals surface area contributed by atoms with Gasteiger partial charge in [0.1, 0.15) is 5.75 Å². The molecule has 1 saturated heterocycles. The Morgan fingerprint density at radius 1 is 1.06 bits per heavy atom. The summed E-state index contributed by atoms with van der Waals surface area (Å²) >= 11 is 0. The summed E-state index contributed by atoms with van der Waals surface area (Å²) in [7, 11) is -3.02. The van der Waals surface area contributed by atoms with Gasteiger partial charge in [0.2, 0.25) is 0 Å². The standard InChI is InChI=1S/C25H30N2O5S/c1-16(2)26-22-11-18(23(28)13-25(5)14-33(30,31)15-25)9-10-21(22)27(24(26)29)19-7-6-8-20(12-19)32-17(3)4/h6-12,16-17H,13-15H2,1-5H3. The minimum absolute atomic E-state index is 0.00932. The normalized spacial score (nSPS) is 16.8. The van der Waals surface area contributed by atoms with Crippen LogP contribution in [0.25, 0.3) is 16.7 Å². The van der Waals surface area contributed by atoms with Crippen molar-refractivity contribution in [3.05, 3.63) is 58.5 Å². The van der Waals surface area contributed by atoms with Gasteiger partial charge in [0, 0.05) is 29.5 Å². The van der Waals surface area contributed by atoms with Crippen LogP contribution in [0.15, 0.2) is 47.3 Å². The second kappa shape index (κ2) is 8.17. The molecule has 3 aromatic rings. The third-order valence-electron chi connectivity index (χ3n) is 5.88. The Bertz CT molecular complexity index is 1380. The number of sulfone groups is 1. The molecular formula is C25H30N2O5S. The van der Waals surface area contributed by atoms with Gasteiger partial charge in [0.25, 0.3) is 0 Å². The van der Waals surface area contributed by atoms with Crippen molar-refractivity contribution in [3.63, 3.8) is 0 Å². The van der Waals surface area contributed by atoms with Gasteiger partial charge >= 0.3 is 5.69 Å². The molecule has 0 amide bonds. The average molecular weight is 471 g/mol. The van der Waals surface area contributed by atoms with Gasteiger partial charge in [-0.15, -0.1) is 0 Å². The lowest BCUT2D eigenvalue weighted by atomic mass is 9.86. The second-order valence-electron chi connectivity index (χ2n) is 9.89. The molecule has 2 aromatic carbocycles. The van der Waals surface area contributed by atoms with Crippen LogP contribution in [0.4, 0.5) is 0 Å². The Morgan fingerprint density at radius 3 is 2.36 bits per heavy atom. The van der Waals surface area contributed by atoms with E-state index in [-0.39, 0.29) is 41.5 Å². The maximum atomic E-state index is 13.4. The Balaban J connectivity index is 1.78. The number of Topliss-reactive ketones (excluding diaryl/α,β-unsaturated/α-hetero) is 1. The lowest BCUT2D eigenvalue weighted by Crippen LogP contribution is -2.47. The van der Waals surface area contributed by atoms with Gasteiger partial charge in [0.05, 0.1) is 34.3 Å². The van der Waals surface area contributed by atoms with E-state index in [2.05, 4.69) is 0 Å². The smallest absolute Gasteiger partial charge is 0.333 e. The van der Waals surface area contributed by atoms with Crippen molar-refractivity contribution in [2.24, 2.45) is 5.41 Å². The molecule has 0 N–H and O–H groups in total. The molecule has 0 bridgehead atoms. The number of fused-ring (bicyclic) bond motifs is 1. The number of ether oxygens (including phenoxy) is 1. The van der Waals surface area contributed by atoms with Gasteiger partial charge < -0.3 is 4.74 Å². The van der Waals surface area contributed by atoms with E-state index < -0.39 is 15.3 Å². The highest BCUT2D eigenvalue weighted by molar-refractivity contribution is 7.92. The number of aromatic nitrogens is 2. The molecule has 0 aliphatic carbocycles. The fourth-order valence-corrected chi connectivity index (χ4v) is 6.96. The fourth-order valence-electron chi connectivity index (χ4n) is 4.72. The van der Waals surface area contributed by atoms with E-state index in [9.17, 15) is 18.0 Å². The first-order valence-corrected chi connectivity index (χ1v) is 13.0. The predicted molar refractivity (Wildman–Crippen MR) is 129 cm³/mol. The van der Waals surface area contributed by atoms with E-state index in [0.29, 0.717) is 28.0 Å². The molecule has 1 aromatic heterocycles. The minimum Gasteiger partial charge on any atom is -0.491 e. The SMILES string of the molecule is CC(C)Oc1cccc(-n2c(=O)n(C(C)C)c3cc(C(=O)CC4(C)CS(=O)(=O)C4)ccc32)c1. The van der Waals surface area contributed by atoms with Crippen molar-refractivity contribution >= 4 is 26.7 Å². The van der Waals surface area contributed by atoms with Gasteiger partial charge in [0.15, 0.2) is 15.6 Å². The zero-order chi connectivity index (χ0) is 24.1. The molecule has 0 spiro atoms. The average Bonchev–Trinajstić information content (AvgIpc) is 2.96. The molecule has 0 saturated carbocycles. The van der Waals surface area contributed by atoms with Crippen LogP contribution in [0.1, 0.15) is 57.4 Å². The van der Waals surface area contributed by atoms with Crippen molar-refractivity contribution in [2.45, 2.75) is 53.2 Å². The summed E-state index contributed by atoms with van der Waals surface area (Å²) in [6.07, 6.45) is 0.175. The van der Waals surface area contributed by atoms with Crippen LogP contribution in [0.2, 0.25) is 0 Å². The molecule has 0 atom stereocenters. The highest BCUT2D eigenvalue weighted by Crippen LogP contribution is 2.37. The van der Waals surface area contributed by atoms with Crippen LogP contribution in [-0.2, 0) is 9.84 Å². The number of hydrogen-bond acceptors (Lipinski definition) is 5. The Kier molecular flexibility index (Phi) is 5.76. The monoisotopic (exact) mass is 470 g/mol. The van der Waals surface area contributed by atoms with Crippen molar-refractivity contribution in [1.82, 2.24) is 9.13 Å². The number of benzene rings is 2. The maximum absolute atomic E-state index is 13.4. The third kappa shape index (κ3) is 4.49. The quantitative estimate of drug-likeness (QED) is 0.484. The number of ketones is 1. The molecule has 4 rings (SSSR count). The first-order valence-electron chi connectivity index (χ1n) is 11.2. The van der Waals surface area contributed by atoms with Crippen molar-refractivity contribution in [3.8, 4) is 11.4 Å². The van der Waals surface area contributed by atoms with Crippen LogP contribution in [-0.4, -0.2) is 40.9 Å². The van der Waals surface area contributed by atoms with Crippen molar-refractivity contribution in [1.29, 1.82) is 0 Å². The number of imidazole rings is 1. The Labute approximate surface area is 193 Å². The van der Waals surface area contributed by atoms with Gasteiger partial charge in [-0.05, 0) is 58.0 Å². The number of hydrogen-bond donors (Lipinski definition) is 0. The van der Waals surface area contributed by atoms with E-state index in [1.54, 1.807) is 27.3 Å². The maximum Gasteiger partial charge on any atom is 0.333 e. The van der Waals surface area contributed by atoms with Crippen molar-refractivity contribution in [2.75, 3.05) is 11.5 Å². The summed E-state index contributed by atoms with van der Waals surface area (Å²) < 4.78 is 32.3. The van der Waals surface area contributed by atoms with Crippen molar-refractivity contribution < 1.29 is 17.9 Å². The van der Waals surface area contributed by atoms with Gasteiger partial charge in [-0.25, -0.2) is 13.2 Å². The lowest BCUT2D eigenvalue weighted by Gasteiger charge is -2.37. The highest BCUT2D eigenvalue weighted by Gasteiger charge is 2.45. The zero-order valence-corrected chi connectivity index (χ0v) is 20.5. The Hall–Kier alpha value is -2.87. The van der Waals surface area contributed by atoms with Crippen LogP contribution in [0.5, 0.6) is 5.75 Å². The zero-order valence-electron chi connectivity index (χ0n) is 19.7. The fraction of sp³-hybridized carbons (Fsp3) is 0.440. The lowest BCUT2D eigenvalue weighted by molar-refractivity contribution is 0.0936. The second-order valence-corrected chi connectivity index (χ2v) is 12.0. The molecule has 0 radical (unpaired) electrons. The molecule has 1 fully saturated rings. The summed E-state index contributed by atoms with van der Waals surface area (Å²) in [6, 6.07) is 12.5. The summed E-state index contributed by atoms with van der Waals surface area (Å²) in [6.45, 7) is 9.58. The first-order chi connectivity index (χ1) is 15.4. The van der Waals surface area contributed by atoms with Gasteiger partial charge in [-0.2, -0.15) is 0 Å². The van der Waals surface area contributed by atoms with Gasteiger partial charge in [-0.1, -0.05) is 13.0 Å². The Morgan fingerprint density at radius 2 is 1.76 bits per heavy atom. The highest BCUT2D eigenvalue weighted by atomic mass is 32.2. The molecule has 2 heterocycles. The minimum atomic E-state index is -3.02. The van der Waals surface area contributed by atoms with E-state index >= 15 is 0 Å². The molecule has 176 valence electrons. The molecule has 7 nitrogen and oxygen atoms in total. The number of carbonyl (C=O) groups excluding carboxylic acids is 1. The molecule has 1 aliphatic rings. The van der Waals surface area contributed by atoms with E-state index in [4.69, 9.17) is 4.74 Å². The summed E-state index contributed by atoms with van der Waals surface area (Å²) in [5.41, 5.74) is 1.83. The van der Waals surface area contributed by atoms with Crippen LogP contribution in [0.3, 0.4) is 0 Å². The summed E-state index contributed by atoms with van der Waals surface area (Å²) in [5, 5.41) is 0. The van der Waals surface area contributed by atoms with Crippen LogP contribution in [0, 0.1) is 5.41 Å². The first kappa shape index (κ1) is 23.3. The van der Waals surface area contributed by atoms with Crippen LogP contribution >= 0.6 is 0 Å². The molecule has 8 heteroatoms. The molecule has 33 heavy (non-hydrogen) atoms. The van der Waals surface area contributed by atoms with E-state index in [1.165, 1.54) is 0 Å². The van der Waals surface area contributed by atoms with Crippen LogP contribution < -0.4 is 10.4 Å². The van der Waals surface area contributed by atoms with E-state index in [1.807, 2.05) is 58.9 Å². The number of carbonyl (C=O) groups is 1. The predicted octanol–water partition coefficient (Wildman–Crippen LogP) is 4.17. The third-order valence-corrected chi connectivity index (χ3v) is 8.16. The molecular weight excluding hydrogens is 440 g/mol.